The predicted molar refractivity (Wildman–Crippen MR) is 132 cm³/mol. The minimum atomic E-state index is -4.80. The Kier molecular flexibility index (Phi) is 8.84. The number of aliphatic hydroxyl groups is 1. The molecular weight excluding hydrogens is 474 g/mol. The zero-order valence-electron chi connectivity index (χ0n) is 19.5. The SMILES string of the molecule is CCCc1cccc(N/C(=C\C(N)C(F)(F)F)C(=O)Nc2c(F)cccc2C(O)c2ccccc2)c1. The highest BCUT2D eigenvalue weighted by molar-refractivity contribution is 6.06. The van der Waals surface area contributed by atoms with Gasteiger partial charge in [0.2, 0.25) is 0 Å². The molecular formula is C27H27F4N3O2. The zero-order valence-corrected chi connectivity index (χ0v) is 19.5. The Hall–Kier alpha value is -3.69. The first kappa shape index (κ1) is 26.9. The average molecular weight is 502 g/mol. The van der Waals surface area contributed by atoms with Crippen LogP contribution in [0.25, 0.3) is 0 Å². The van der Waals surface area contributed by atoms with E-state index >= 15 is 0 Å². The van der Waals surface area contributed by atoms with E-state index in [4.69, 9.17) is 5.73 Å². The summed E-state index contributed by atoms with van der Waals surface area (Å²) in [6.45, 7) is 1.98. The van der Waals surface area contributed by atoms with Gasteiger partial charge in [-0.25, -0.2) is 4.39 Å². The molecule has 0 saturated heterocycles. The Morgan fingerprint density at radius 3 is 2.39 bits per heavy atom. The van der Waals surface area contributed by atoms with Crippen LogP contribution in [0, 0.1) is 5.82 Å². The molecule has 0 aliphatic carbocycles. The molecule has 0 spiro atoms. The van der Waals surface area contributed by atoms with Gasteiger partial charge in [0.1, 0.15) is 23.7 Å². The van der Waals surface area contributed by atoms with E-state index in [9.17, 15) is 27.5 Å². The number of hydrogen-bond donors (Lipinski definition) is 4. The number of carbonyl (C=O) groups excluding carboxylic acids is 1. The number of rotatable bonds is 9. The molecule has 3 aromatic carbocycles. The van der Waals surface area contributed by atoms with Crippen molar-refractivity contribution in [3.05, 3.63) is 107 Å². The van der Waals surface area contributed by atoms with Gasteiger partial charge >= 0.3 is 6.18 Å². The summed E-state index contributed by atoms with van der Waals surface area (Å²) in [4.78, 5) is 13.1. The van der Waals surface area contributed by atoms with E-state index in [1.165, 1.54) is 12.1 Å². The Bertz CT molecular complexity index is 1210. The summed E-state index contributed by atoms with van der Waals surface area (Å²) >= 11 is 0. The van der Waals surface area contributed by atoms with E-state index in [2.05, 4.69) is 10.6 Å². The number of alkyl halides is 3. The van der Waals surface area contributed by atoms with Gasteiger partial charge in [-0.15, -0.1) is 0 Å². The molecule has 36 heavy (non-hydrogen) atoms. The van der Waals surface area contributed by atoms with Crippen molar-refractivity contribution in [3.8, 4) is 0 Å². The molecule has 0 fully saturated rings. The minimum absolute atomic E-state index is 0.0407. The number of hydrogen-bond acceptors (Lipinski definition) is 4. The minimum Gasteiger partial charge on any atom is -0.384 e. The number of aryl methyl sites for hydroxylation is 1. The highest BCUT2D eigenvalue weighted by Crippen LogP contribution is 2.31. The lowest BCUT2D eigenvalue weighted by Gasteiger charge is -2.20. The van der Waals surface area contributed by atoms with Crippen LogP contribution in [0.3, 0.4) is 0 Å². The third kappa shape index (κ3) is 6.93. The fraction of sp³-hybridized carbons (Fsp3) is 0.222. The molecule has 0 aliphatic rings. The van der Waals surface area contributed by atoms with Gasteiger partial charge in [0, 0.05) is 11.3 Å². The fourth-order valence-electron chi connectivity index (χ4n) is 3.59. The van der Waals surface area contributed by atoms with Crippen LogP contribution < -0.4 is 16.4 Å². The molecule has 5 N–H and O–H groups in total. The van der Waals surface area contributed by atoms with Gasteiger partial charge in [-0.2, -0.15) is 13.2 Å². The highest BCUT2D eigenvalue weighted by Gasteiger charge is 2.36. The average Bonchev–Trinajstić information content (AvgIpc) is 2.84. The molecule has 1 amide bonds. The van der Waals surface area contributed by atoms with Crippen LogP contribution in [0.1, 0.15) is 36.1 Å². The number of amides is 1. The third-order valence-corrected chi connectivity index (χ3v) is 5.41. The Labute approximate surface area is 206 Å². The molecule has 0 bridgehead atoms. The van der Waals surface area contributed by atoms with Gasteiger partial charge in [-0.1, -0.05) is 67.9 Å². The van der Waals surface area contributed by atoms with Gasteiger partial charge in [0.05, 0.1) is 5.69 Å². The molecule has 5 nitrogen and oxygen atoms in total. The van der Waals surface area contributed by atoms with Crippen molar-refractivity contribution in [2.45, 2.75) is 38.1 Å². The predicted octanol–water partition coefficient (Wildman–Crippen LogP) is 5.68. The summed E-state index contributed by atoms with van der Waals surface area (Å²) in [6.07, 6.45) is -3.97. The van der Waals surface area contributed by atoms with E-state index in [1.54, 1.807) is 48.5 Å². The number of anilines is 2. The van der Waals surface area contributed by atoms with Gasteiger partial charge in [0.25, 0.3) is 5.91 Å². The first-order chi connectivity index (χ1) is 17.1. The van der Waals surface area contributed by atoms with Crippen LogP contribution in [0.4, 0.5) is 28.9 Å². The fourth-order valence-corrected chi connectivity index (χ4v) is 3.59. The van der Waals surface area contributed by atoms with Gasteiger partial charge in [-0.3, -0.25) is 4.79 Å². The molecule has 2 atom stereocenters. The number of halogens is 4. The molecule has 2 unspecified atom stereocenters. The summed E-state index contributed by atoms with van der Waals surface area (Å²) in [6, 6.07) is 16.6. The summed E-state index contributed by atoms with van der Waals surface area (Å²) < 4.78 is 54.4. The van der Waals surface area contributed by atoms with E-state index in [1.807, 2.05) is 13.0 Å². The van der Waals surface area contributed by atoms with Crippen LogP contribution in [-0.2, 0) is 11.2 Å². The monoisotopic (exact) mass is 501 g/mol. The van der Waals surface area contributed by atoms with E-state index < -0.39 is 35.7 Å². The maximum absolute atomic E-state index is 14.8. The van der Waals surface area contributed by atoms with Crippen molar-refractivity contribution in [1.82, 2.24) is 0 Å². The molecule has 0 heterocycles. The number of aliphatic hydroxyl groups excluding tert-OH is 1. The summed E-state index contributed by atoms with van der Waals surface area (Å²) in [7, 11) is 0. The molecule has 0 aromatic heterocycles. The Balaban J connectivity index is 1.97. The summed E-state index contributed by atoms with van der Waals surface area (Å²) in [5, 5.41) is 15.8. The van der Waals surface area contributed by atoms with Gasteiger partial charge < -0.3 is 21.5 Å². The molecule has 3 rings (SSSR count). The summed E-state index contributed by atoms with van der Waals surface area (Å²) in [5.41, 5.74) is 6.17. The first-order valence-electron chi connectivity index (χ1n) is 11.3. The zero-order chi connectivity index (χ0) is 26.3. The van der Waals surface area contributed by atoms with Crippen molar-refractivity contribution in [3.63, 3.8) is 0 Å². The number of benzene rings is 3. The Morgan fingerprint density at radius 2 is 1.72 bits per heavy atom. The lowest BCUT2D eigenvalue weighted by molar-refractivity contribution is -0.137. The van der Waals surface area contributed by atoms with Crippen molar-refractivity contribution in [1.29, 1.82) is 0 Å². The quantitative estimate of drug-likeness (QED) is 0.224. The first-order valence-corrected chi connectivity index (χ1v) is 11.3. The molecule has 0 aliphatic heterocycles. The molecule has 0 saturated carbocycles. The number of carbonyl (C=O) groups is 1. The van der Waals surface area contributed by atoms with Crippen LogP contribution in [-0.4, -0.2) is 23.2 Å². The normalized spacial score (nSPS) is 13.7. The van der Waals surface area contributed by atoms with Crippen molar-refractivity contribution in [2.75, 3.05) is 10.6 Å². The van der Waals surface area contributed by atoms with E-state index in [0.717, 1.165) is 24.5 Å². The van der Waals surface area contributed by atoms with Crippen molar-refractivity contribution < 1.29 is 27.5 Å². The van der Waals surface area contributed by atoms with Crippen LogP contribution >= 0.6 is 0 Å². The number of nitrogens with two attached hydrogens (primary N) is 1. The molecule has 0 radical (unpaired) electrons. The number of para-hydroxylation sites is 1. The van der Waals surface area contributed by atoms with E-state index in [-0.39, 0.29) is 11.3 Å². The van der Waals surface area contributed by atoms with Gasteiger partial charge in [0.15, 0.2) is 0 Å². The largest absolute Gasteiger partial charge is 0.407 e. The second kappa shape index (κ2) is 11.8. The van der Waals surface area contributed by atoms with Crippen molar-refractivity contribution in [2.24, 2.45) is 5.73 Å². The van der Waals surface area contributed by atoms with Crippen molar-refractivity contribution >= 4 is 17.3 Å². The smallest absolute Gasteiger partial charge is 0.384 e. The number of nitrogens with one attached hydrogen (secondary N) is 2. The van der Waals surface area contributed by atoms with Gasteiger partial charge in [-0.05, 0) is 41.8 Å². The maximum Gasteiger partial charge on any atom is 0.407 e. The Morgan fingerprint density at radius 1 is 1.03 bits per heavy atom. The second-order valence-electron chi connectivity index (χ2n) is 8.19. The van der Waals surface area contributed by atoms with E-state index in [0.29, 0.717) is 17.3 Å². The molecule has 3 aromatic rings. The third-order valence-electron chi connectivity index (χ3n) is 5.41. The summed E-state index contributed by atoms with van der Waals surface area (Å²) in [5.74, 6) is -1.91. The maximum atomic E-state index is 14.8. The lowest BCUT2D eigenvalue weighted by atomic mass is 9.99. The highest BCUT2D eigenvalue weighted by atomic mass is 19.4. The topological polar surface area (TPSA) is 87.4 Å². The van der Waals surface area contributed by atoms with Crippen LogP contribution in [0.5, 0.6) is 0 Å². The molecule has 190 valence electrons. The standard InChI is InChI=1S/C27H27F4N3O2/c1-2-8-17-9-6-12-19(15-17)33-22(16-23(32)27(29,30)31)26(36)34-24-20(13-7-14-21(24)28)25(35)18-10-4-3-5-11-18/h3-7,9-16,23,25,33,35H,2,8,32H2,1H3,(H,34,36)/b22-16-. The molecule has 9 heteroatoms. The second-order valence-corrected chi connectivity index (χ2v) is 8.19. The van der Waals surface area contributed by atoms with Crippen LogP contribution in [0.2, 0.25) is 0 Å². The van der Waals surface area contributed by atoms with Crippen LogP contribution in [0.15, 0.2) is 84.6 Å². The lowest BCUT2D eigenvalue weighted by Crippen LogP contribution is -2.37.